The Morgan fingerprint density at radius 1 is 1.03 bits per heavy atom. The molecule has 0 spiro atoms. The molecule has 2 atom stereocenters. The van der Waals surface area contributed by atoms with Gasteiger partial charge in [0, 0.05) is 18.7 Å². The van der Waals surface area contributed by atoms with Gasteiger partial charge in [-0.3, -0.25) is 4.99 Å². The molecule has 2 rings (SSSR count). The van der Waals surface area contributed by atoms with Crippen LogP contribution >= 0.6 is 24.0 Å². The Balaban J connectivity index is 0.00000450. The second-order valence-corrected chi connectivity index (χ2v) is 6.98. The highest BCUT2D eigenvalue weighted by atomic mass is 127. The van der Waals surface area contributed by atoms with E-state index in [-0.39, 0.29) is 36.1 Å². The molecular weight excluding hydrogens is 501 g/mol. The van der Waals surface area contributed by atoms with Gasteiger partial charge < -0.3 is 20.6 Å². The van der Waals surface area contributed by atoms with E-state index in [0.29, 0.717) is 25.5 Å². The molecule has 0 bridgehead atoms. The molecule has 0 aromatic heterocycles. The standard InChI is InChI=1S/C22H30F2N4O.HI/c1-4-25-22(26-14-13-20(29)16-9-6-5-7-10-16)27-15-19(28(2)3)21-17(23)11-8-12-18(21)24;/h5-12,19-20,29H,4,13-15H2,1-3H3,(H2,25,26,27);1H. The third kappa shape index (κ3) is 7.81. The molecule has 2 aromatic rings. The Kier molecular flexibility index (Phi) is 11.8. The Labute approximate surface area is 194 Å². The van der Waals surface area contributed by atoms with E-state index in [9.17, 15) is 13.9 Å². The van der Waals surface area contributed by atoms with Crippen LogP contribution in [0.2, 0.25) is 0 Å². The summed E-state index contributed by atoms with van der Waals surface area (Å²) in [5.41, 5.74) is 0.871. The maximum Gasteiger partial charge on any atom is 0.191 e. The summed E-state index contributed by atoms with van der Waals surface area (Å²) < 4.78 is 28.4. The minimum Gasteiger partial charge on any atom is -0.388 e. The van der Waals surface area contributed by atoms with Crippen molar-refractivity contribution in [2.45, 2.75) is 25.5 Å². The minimum absolute atomic E-state index is 0. The number of hydrogen-bond acceptors (Lipinski definition) is 3. The van der Waals surface area contributed by atoms with Crippen LogP contribution in [0, 0.1) is 11.6 Å². The second-order valence-electron chi connectivity index (χ2n) is 6.98. The molecule has 0 aliphatic rings. The van der Waals surface area contributed by atoms with E-state index in [0.717, 1.165) is 5.56 Å². The van der Waals surface area contributed by atoms with Crippen molar-refractivity contribution in [2.24, 2.45) is 4.99 Å². The summed E-state index contributed by atoms with van der Waals surface area (Å²) in [6, 6.07) is 12.8. The van der Waals surface area contributed by atoms with E-state index in [1.807, 2.05) is 37.3 Å². The first-order chi connectivity index (χ1) is 13.9. The zero-order valence-corrected chi connectivity index (χ0v) is 19.9. The Hall–Kier alpha value is -1.78. The van der Waals surface area contributed by atoms with Crippen molar-refractivity contribution in [3.8, 4) is 0 Å². The molecule has 3 N–H and O–H groups in total. The van der Waals surface area contributed by atoms with Crippen LogP contribution < -0.4 is 10.6 Å². The monoisotopic (exact) mass is 532 g/mol. The van der Waals surface area contributed by atoms with E-state index in [2.05, 4.69) is 15.6 Å². The quantitative estimate of drug-likeness (QED) is 0.261. The van der Waals surface area contributed by atoms with Gasteiger partial charge in [-0.1, -0.05) is 36.4 Å². The lowest BCUT2D eigenvalue weighted by molar-refractivity contribution is 0.168. The Bertz CT molecular complexity index is 770. The molecule has 5 nitrogen and oxygen atoms in total. The van der Waals surface area contributed by atoms with Crippen LogP contribution in [-0.4, -0.2) is 49.7 Å². The molecule has 0 aliphatic carbocycles. The van der Waals surface area contributed by atoms with Gasteiger partial charge in [-0.2, -0.15) is 0 Å². The number of likely N-dealkylation sites (N-methyl/N-ethyl adjacent to an activating group) is 1. The van der Waals surface area contributed by atoms with Gasteiger partial charge in [-0.15, -0.1) is 24.0 Å². The zero-order chi connectivity index (χ0) is 21.2. The number of aliphatic imine (C=N–C) groups is 1. The maximum absolute atomic E-state index is 14.2. The van der Waals surface area contributed by atoms with Crippen molar-refractivity contribution in [3.63, 3.8) is 0 Å². The first kappa shape index (κ1) is 26.3. The van der Waals surface area contributed by atoms with Gasteiger partial charge in [0.25, 0.3) is 0 Å². The van der Waals surface area contributed by atoms with E-state index in [1.54, 1.807) is 19.0 Å². The number of halogens is 3. The molecule has 0 heterocycles. The highest BCUT2D eigenvalue weighted by molar-refractivity contribution is 14.0. The molecule has 0 radical (unpaired) electrons. The molecule has 30 heavy (non-hydrogen) atoms. The number of hydrogen-bond donors (Lipinski definition) is 3. The van der Waals surface area contributed by atoms with Crippen molar-refractivity contribution < 1.29 is 13.9 Å². The number of nitrogens with one attached hydrogen (secondary N) is 2. The van der Waals surface area contributed by atoms with Gasteiger partial charge in [0.1, 0.15) is 11.6 Å². The number of benzene rings is 2. The number of nitrogens with zero attached hydrogens (tertiary/aromatic N) is 2. The van der Waals surface area contributed by atoms with Crippen LogP contribution in [0.3, 0.4) is 0 Å². The van der Waals surface area contributed by atoms with Gasteiger partial charge in [0.05, 0.1) is 18.7 Å². The lowest BCUT2D eigenvalue weighted by atomic mass is 10.0. The molecule has 2 unspecified atom stereocenters. The smallest absolute Gasteiger partial charge is 0.191 e. The molecule has 0 fully saturated rings. The summed E-state index contributed by atoms with van der Waals surface area (Å²) in [7, 11) is 3.53. The van der Waals surface area contributed by atoms with Crippen molar-refractivity contribution in [1.82, 2.24) is 15.5 Å². The first-order valence-electron chi connectivity index (χ1n) is 9.79. The molecule has 0 saturated carbocycles. The summed E-state index contributed by atoms with van der Waals surface area (Å²) in [5, 5.41) is 16.6. The fourth-order valence-electron chi connectivity index (χ4n) is 3.03. The molecular formula is C22H31F2IN4O. The third-order valence-corrected chi connectivity index (χ3v) is 4.62. The molecule has 0 amide bonds. The van der Waals surface area contributed by atoms with Crippen LogP contribution in [0.25, 0.3) is 0 Å². The summed E-state index contributed by atoms with van der Waals surface area (Å²) in [4.78, 5) is 6.24. The van der Waals surface area contributed by atoms with Crippen molar-refractivity contribution in [1.29, 1.82) is 0 Å². The molecule has 0 aliphatic heterocycles. The fourth-order valence-corrected chi connectivity index (χ4v) is 3.03. The summed E-state index contributed by atoms with van der Waals surface area (Å²) in [6.45, 7) is 3.27. The molecule has 2 aromatic carbocycles. The predicted molar refractivity (Wildman–Crippen MR) is 128 cm³/mol. The third-order valence-electron chi connectivity index (χ3n) is 4.62. The van der Waals surface area contributed by atoms with Gasteiger partial charge in [0.2, 0.25) is 0 Å². The van der Waals surface area contributed by atoms with Crippen molar-refractivity contribution >= 4 is 29.9 Å². The average molecular weight is 532 g/mol. The minimum atomic E-state index is -0.581. The summed E-state index contributed by atoms with van der Waals surface area (Å²) in [6.07, 6.45) is -0.0679. The van der Waals surface area contributed by atoms with Gasteiger partial charge in [-0.05, 0) is 45.1 Å². The second kappa shape index (κ2) is 13.5. The molecule has 166 valence electrons. The normalized spacial score (nSPS) is 13.5. The summed E-state index contributed by atoms with van der Waals surface area (Å²) in [5.74, 6) is -0.623. The Morgan fingerprint density at radius 3 is 2.23 bits per heavy atom. The van der Waals surface area contributed by atoms with Crippen LogP contribution in [0.15, 0.2) is 53.5 Å². The van der Waals surface area contributed by atoms with Crippen LogP contribution in [-0.2, 0) is 0 Å². The van der Waals surface area contributed by atoms with Crippen molar-refractivity contribution in [2.75, 3.05) is 33.7 Å². The lowest BCUT2D eigenvalue weighted by Gasteiger charge is -2.24. The van der Waals surface area contributed by atoms with E-state index in [4.69, 9.17) is 0 Å². The Morgan fingerprint density at radius 2 is 1.67 bits per heavy atom. The SMILES string of the molecule is CCNC(=NCC(c1c(F)cccc1F)N(C)C)NCCC(O)c1ccccc1.I. The topological polar surface area (TPSA) is 59.9 Å². The van der Waals surface area contributed by atoms with Crippen molar-refractivity contribution in [3.05, 3.63) is 71.3 Å². The maximum atomic E-state index is 14.2. The first-order valence-corrected chi connectivity index (χ1v) is 9.79. The predicted octanol–water partition coefficient (Wildman–Crippen LogP) is 3.86. The largest absolute Gasteiger partial charge is 0.388 e. The molecule has 8 heteroatoms. The zero-order valence-electron chi connectivity index (χ0n) is 17.6. The highest BCUT2D eigenvalue weighted by Gasteiger charge is 2.22. The van der Waals surface area contributed by atoms with E-state index >= 15 is 0 Å². The molecule has 0 saturated heterocycles. The van der Waals surface area contributed by atoms with Gasteiger partial charge in [-0.25, -0.2) is 8.78 Å². The number of aliphatic hydroxyl groups is 1. The number of rotatable bonds is 9. The van der Waals surface area contributed by atoms with Crippen LogP contribution in [0.1, 0.15) is 36.6 Å². The average Bonchev–Trinajstić information content (AvgIpc) is 2.70. The van der Waals surface area contributed by atoms with E-state index < -0.39 is 23.8 Å². The van der Waals surface area contributed by atoms with Gasteiger partial charge >= 0.3 is 0 Å². The van der Waals surface area contributed by atoms with Crippen LogP contribution in [0.5, 0.6) is 0 Å². The summed E-state index contributed by atoms with van der Waals surface area (Å²) >= 11 is 0. The lowest BCUT2D eigenvalue weighted by Crippen LogP contribution is -2.39. The van der Waals surface area contributed by atoms with Gasteiger partial charge in [0.15, 0.2) is 5.96 Å². The fraction of sp³-hybridized carbons (Fsp3) is 0.409. The highest BCUT2D eigenvalue weighted by Crippen LogP contribution is 2.24. The van der Waals surface area contributed by atoms with E-state index in [1.165, 1.54) is 18.2 Å². The van der Waals surface area contributed by atoms with Crippen LogP contribution in [0.4, 0.5) is 8.78 Å². The number of aliphatic hydroxyl groups excluding tert-OH is 1. The number of guanidine groups is 1.